The molecular weight excluding hydrogens is 557 g/mol. The average Bonchev–Trinajstić information content (AvgIpc) is 3.00. The standard InChI is InChI=1S/C24H19ClIN3O2S/c1-13-9-19(7-8-21(13)26)28-14(2)10-16(15(28)3)11-20-22(30)27-24(32)29(23(20)31)18-6-4-5-17(25)12-18/h4-12H,1-3H3,(H,27,30,32). The van der Waals surface area contributed by atoms with Gasteiger partial charge in [0.1, 0.15) is 5.57 Å². The van der Waals surface area contributed by atoms with Crippen LogP contribution in [0.3, 0.4) is 0 Å². The highest BCUT2D eigenvalue weighted by molar-refractivity contribution is 14.1. The number of aryl methyl sites for hydroxylation is 2. The molecular formula is C24H19ClIN3O2S. The third kappa shape index (κ3) is 4.12. The van der Waals surface area contributed by atoms with E-state index in [2.05, 4.69) is 57.6 Å². The zero-order chi connectivity index (χ0) is 23.2. The summed E-state index contributed by atoms with van der Waals surface area (Å²) in [5, 5.41) is 3.11. The zero-order valence-corrected chi connectivity index (χ0v) is 21.3. The Morgan fingerprint density at radius 3 is 2.47 bits per heavy atom. The lowest BCUT2D eigenvalue weighted by molar-refractivity contribution is -0.122. The SMILES string of the molecule is Cc1cc(-n2c(C)cc(C=C3C(=O)NC(=S)N(c4cccc(Cl)c4)C3=O)c2C)ccc1I. The van der Waals surface area contributed by atoms with Gasteiger partial charge in [-0.05, 0) is 115 Å². The first-order chi connectivity index (χ1) is 15.2. The lowest BCUT2D eigenvalue weighted by atomic mass is 10.1. The van der Waals surface area contributed by atoms with Gasteiger partial charge in [-0.2, -0.15) is 0 Å². The summed E-state index contributed by atoms with van der Waals surface area (Å²) in [5.74, 6) is -1.01. The molecule has 2 amide bonds. The fraction of sp³-hybridized carbons (Fsp3) is 0.125. The Labute approximate surface area is 210 Å². The van der Waals surface area contributed by atoms with Gasteiger partial charge in [-0.3, -0.25) is 19.8 Å². The first-order valence-corrected chi connectivity index (χ1v) is 11.7. The molecule has 1 fully saturated rings. The van der Waals surface area contributed by atoms with Gasteiger partial charge in [0.2, 0.25) is 0 Å². The van der Waals surface area contributed by atoms with Gasteiger partial charge in [-0.15, -0.1) is 0 Å². The molecule has 8 heteroatoms. The number of halogens is 2. The maximum Gasteiger partial charge on any atom is 0.270 e. The molecule has 0 saturated carbocycles. The predicted molar refractivity (Wildman–Crippen MR) is 140 cm³/mol. The molecule has 4 rings (SSSR count). The summed E-state index contributed by atoms with van der Waals surface area (Å²) >= 11 is 13.7. The molecule has 0 aliphatic carbocycles. The second kappa shape index (κ2) is 8.80. The number of hydrogen-bond donors (Lipinski definition) is 1. The quantitative estimate of drug-likeness (QED) is 0.194. The summed E-state index contributed by atoms with van der Waals surface area (Å²) in [5.41, 5.74) is 5.44. The summed E-state index contributed by atoms with van der Waals surface area (Å²) in [4.78, 5) is 27.2. The molecule has 1 aliphatic rings. The van der Waals surface area contributed by atoms with Crippen LogP contribution < -0.4 is 10.2 Å². The van der Waals surface area contributed by atoms with Gasteiger partial charge in [0.05, 0.1) is 5.69 Å². The van der Waals surface area contributed by atoms with Crippen molar-refractivity contribution in [3.05, 3.63) is 85.2 Å². The summed E-state index contributed by atoms with van der Waals surface area (Å²) in [6.45, 7) is 6.04. The summed E-state index contributed by atoms with van der Waals surface area (Å²) in [6.07, 6.45) is 1.62. The number of carbonyl (C=O) groups excluding carboxylic acids is 2. The molecule has 0 atom stereocenters. The van der Waals surface area contributed by atoms with Gasteiger partial charge < -0.3 is 4.57 Å². The van der Waals surface area contributed by atoms with Crippen LogP contribution in [0.15, 0.2) is 54.1 Å². The fourth-order valence-electron chi connectivity index (χ4n) is 3.76. The molecule has 1 aliphatic heterocycles. The number of carbonyl (C=O) groups is 2. The maximum absolute atomic E-state index is 13.3. The number of hydrogen-bond acceptors (Lipinski definition) is 3. The first-order valence-electron chi connectivity index (χ1n) is 9.80. The monoisotopic (exact) mass is 575 g/mol. The average molecular weight is 576 g/mol. The third-order valence-electron chi connectivity index (χ3n) is 5.34. The summed E-state index contributed by atoms with van der Waals surface area (Å²) in [7, 11) is 0. The van der Waals surface area contributed by atoms with Crippen LogP contribution in [0.25, 0.3) is 11.8 Å². The van der Waals surface area contributed by atoms with E-state index in [0.29, 0.717) is 10.7 Å². The molecule has 2 aromatic carbocycles. The number of nitrogens with zero attached hydrogens (tertiary/aromatic N) is 2. The van der Waals surface area contributed by atoms with E-state index in [9.17, 15) is 9.59 Å². The molecule has 32 heavy (non-hydrogen) atoms. The molecule has 5 nitrogen and oxygen atoms in total. The Kier molecular flexibility index (Phi) is 6.24. The number of benzene rings is 2. The van der Waals surface area contributed by atoms with Gasteiger partial charge in [0.25, 0.3) is 11.8 Å². The fourth-order valence-corrected chi connectivity index (χ4v) is 4.56. The van der Waals surface area contributed by atoms with E-state index < -0.39 is 11.8 Å². The Balaban J connectivity index is 1.77. The van der Waals surface area contributed by atoms with Crippen LogP contribution in [0, 0.1) is 24.3 Å². The second-order valence-corrected chi connectivity index (χ2v) is 9.52. The van der Waals surface area contributed by atoms with E-state index in [1.807, 2.05) is 19.9 Å². The topological polar surface area (TPSA) is 54.3 Å². The normalized spacial score (nSPS) is 15.5. The number of rotatable bonds is 3. The van der Waals surface area contributed by atoms with Crippen molar-refractivity contribution in [3.8, 4) is 5.69 Å². The molecule has 162 valence electrons. The minimum absolute atomic E-state index is 0.0117. The summed E-state index contributed by atoms with van der Waals surface area (Å²) in [6, 6.07) is 15.0. The molecule has 0 radical (unpaired) electrons. The van der Waals surface area contributed by atoms with E-state index in [1.165, 1.54) is 14.0 Å². The molecule has 0 spiro atoms. The van der Waals surface area contributed by atoms with E-state index in [1.54, 1.807) is 30.3 Å². The van der Waals surface area contributed by atoms with Crippen molar-refractivity contribution in [2.75, 3.05) is 4.90 Å². The molecule has 0 bridgehead atoms. The van der Waals surface area contributed by atoms with Crippen LogP contribution in [0.5, 0.6) is 0 Å². The highest BCUT2D eigenvalue weighted by Crippen LogP contribution is 2.28. The predicted octanol–water partition coefficient (Wildman–Crippen LogP) is 5.49. The van der Waals surface area contributed by atoms with Crippen molar-refractivity contribution in [3.63, 3.8) is 0 Å². The molecule has 1 N–H and O–H groups in total. The first kappa shape index (κ1) is 22.7. The van der Waals surface area contributed by atoms with Crippen molar-refractivity contribution in [1.29, 1.82) is 0 Å². The van der Waals surface area contributed by atoms with Crippen molar-refractivity contribution < 1.29 is 9.59 Å². The van der Waals surface area contributed by atoms with Crippen LogP contribution in [-0.2, 0) is 9.59 Å². The van der Waals surface area contributed by atoms with Gasteiger partial charge in [-0.1, -0.05) is 17.7 Å². The maximum atomic E-state index is 13.3. The van der Waals surface area contributed by atoms with Gasteiger partial charge in [-0.25, -0.2) is 0 Å². The second-order valence-electron chi connectivity index (χ2n) is 7.53. The van der Waals surface area contributed by atoms with Crippen LogP contribution in [0.1, 0.15) is 22.5 Å². The largest absolute Gasteiger partial charge is 0.318 e. The molecule has 1 saturated heterocycles. The number of nitrogens with one attached hydrogen (secondary N) is 1. The van der Waals surface area contributed by atoms with E-state index >= 15 is 0 Å². The van der Waals surface area contributed by atoms with Crippen molar-refractivity contribution in [2.24, 2.45) is 0 Å². The van der Waals surface area contributed by atoms with E-state index in [0.717, 1.165) is 22.6 Å². The number of thiocarbonyl (C=S) groups is 1. The van der Waals surface area contributed by atoms with Crippen molar-refractivity contribution in [1.82, 2.24) is 9.88 Å². The van der Waals surface area contributed by atoms with Crippen LogP contribution in [0.4, 0.5) is 5.69 Å². The minimum Gasteiger partial charge on any atom is -0.318 e. The molecule has 3 aromatic rings. The lowest BCUT2D eigenvalue weighted by Gasteiger charge is -2.29. The Morgan fingerprint density at radius 1 is 1.03 bits per heavy atom. The Hall–Kier alpha value is -2.49. The highest BCUT2D eigenvalue weighted by atomic mass is 127. The van der Waals surface area contributed by atoms with Gasteiger partial charge in [0, 0.05) is 25.7 Å². The molecule has 1 aromatic heterocycles. The highest BCUT2D eigenvalue weighted by Gasteiger charge is 2.34. The van der Waals surface area contributed by atoms with Gasteiger partial charge in [0.15, 0.2) is 5.11 Å². The number of anilines is 1. The number of aromatic nitrogens is 1. The summed E-state index contributed by atoms with van der Waals surface area (Å²) < 4.78 is 3.30. The Bertz CT molecular complexity index is 1330. The van der Waals surface area contributed by atoms with E-state index in [-0.39, 0.29) is 10.7 Å². The van der Waals surface area contributed by atoms with Crippen LogP contribution in [0.2, 0.25) is 5.02 Å². The number of amides is 2. The molecule has 2 heterocycles. The van der Waals surface area contributed by atoms with Crippen molar-refractivity contribution in [2.45, 2.75) is 20.8 Å². The van der Waals surface area contributed by atoms with Gasteiger partial charge >= 0.3 is 0 Å². The van der Waals surface area contributed by atoms with E-state index in [4.69, 9.17) is 23.8 Å². The third-order valence-corrected chi connectivity index (χ3v) is 7.07. The lowest BCUT2D eigenvalue weighted by Crippen LogP contribution is -2.54. The van der Waals surface area contributed by atoms with Crippen LogP contribution >= 0.6 is 46.4 Å². The smallest absolute Gasteiger partial charge is 0.270 e. The zero-order valence-electron chi connectivity index (χ0n) is 17.6. The van der Waals surface area contributed by atoms with Crippen LogP contribution in [-0.4, -0.2) is 21.5 Å². The van der Waals surface area contributed by atoms with Crippen molar-refractivity contribution >= 4 is 75.1 Å². The minimum atomic E-state index is -0.520. The molecule has 0 unspecified atom stereocenters. The Morgan fingerprint density at radius 2 is 1.78 bits per heavy atom.